The van der Waals surface area contributed by atoms with Gasteiger partial charge in [-0.3, -0.25) is 14.4 Å². The van der Waals surface area contributed by atoms with Crippen molar-refractivity contribution in [1.82, 2.24) is 0 Å². The molecule has 0 radical (unpaired) electrons. The Kier molecular flexibility index (Phi) is 56.0. The zero-order valence-corrected chi connectivity index (χ0v) is 47.3. The van der Waals surface area contributed by atoms with Crippen LogP contribution in [0.5, 0.6) is 0 Å². The molecule has 0 spiro atoms. The Hall–Kier alpha value is -1.59. The molecule has 0 bridgehead atoms. The molecule has 1 atom stereocenters. The molecule has 0 saturated carbocycles. The van der Waals surface area contributed by atoms with Crippen LogP contribution >= 0.6 is 0 Å². The average Bonchev–Trinajstić information content (AvgIpc) is 3.34. The number of unbranched alkanes of at least 4 members (excludes halogenated alkanes) is 45. The highest BCUT2D eigenvalue weighted by molar-refractivity contribution is 5.71. The Morgan fingerprint density at radius 1 is 0.275 bits per heavy atom. The van der Waals surface area contributed by atoms with Gasteiger partial charge in [-0.25, -0.2) is 0 Å². The van der Waals surface area contributed by atoms with Gasteiger partial charge in [0.05, 0.1) is 0 Å². The molecule has 0 aliphatic heterocycles. The third-order valence-corrected chi connectivity index (χ3v) is 14.5. The molecule has 410 valence electrons. The van der Waals surface area contributed by atoms with Gasteiger partial charge in [-0.1, -0.05) is 323 Å². The average molecular weight is 976 g/mol. The van der Waals surface area contributed by atoms with Crippen LogP contribution in [0.1, 0.15) is 362 Å². The van der Waals surface area contributed by atoms with Crippen LogP contribution in [0.4, 0.5) is 0 Å². The van der Waals surface area contributed by atoms with Crippen molar-refractivity contribution < 1.29 is 28.6 Å². The van der Waals surface area contributed by atoms with E-state index in [2.05, 4.69) is 27.7 Å². The predicted molar refractivity (Wildman–Crippen MR) is 298 cm³/mol. The highest BCUT2D eigenvalue weighted by atomic mass is 16.6. The Balaban J connectivity index is 4.28. The molecule has 0 heterocycles. The van der Waals surface area contributed by atoms with Crippen LogP contribution in [0.3, 0.4) is 0 Å². The third-order valence-electron chi connectivity index (χ3n) is 14.5. The van der Waals surface area contributed by atoms with E-state index in [1.165, 1.54) is 257 Å². The van der Waals surface area contributed by atoms with Crippen LogP contribution in [0.2, 0.25) is 0 Å². The summed E-state index contributed by atoms with van der Waals surface area (Å²) in [7, 11) is 0. The molecule has 0 aromatic carbocycles. The summed E-state index contributed by atoms with van der Waals surface area (Å²) >= 11 is 0. The summed E-state index contributed by atoms with van der Waals surface area (Å²) in [5, 5.41) is 0. The van der Waals surface area contributed by atoms with Gasteiger partial charge in [0, 0.05) is 19.3 Å². The van der Waals surface area contributed by atoms with Crippen molar-refractivity contribution in [2.45, 2.75) is 368 Å². The molecule has 0 unspecified atom stereocenters. The standard InChI is InChI=1S/C63H122O6/c1-5-7-9-11-13-15-17-19-21-22-27-31-35-39-43-47-51-55-62(65)68-58-60(57-67-61(64)54-50-46-42-38-34-30-25-20-18-16-14-12-10-8-6-2)69-63(66)56-52-48-44-40-36-32-28-24-23-26-29-33-37-41-45-49-53-59(3)4/h59-60H,5-58H2,1-4H3/t60-/m0/s1. The minimum absolute atomic E-state index is 0.0612. The molecular formula is C63H122O6. The van der Waals surface area contributed by atoms with E-state index in [-0.39, 0.29) is 31.1 Å². The lowest BCUT2D eigenvalue weighted by atomic mass is 10.0. The van der Waals surface area contributed by atoms with Gasteiger partial charge < -0.3 is 14.2 Å². The molecule has 0 rings (SSSR count). The number of esters is 3. The summed E-state index contributed by atoms with van der Waals surface area (Å²) in [6.45, 7) is 9.09. The van der Waals surface area contributed by atoms with Gasteiger partial charge in [0.15, 0.2) is 6.10 Å². The maximum atomic E-state index is 12.9. The van der Waals surface area contributed by atoms with Gasteiger partial charge in [0.25, 0.3) is 0 Å². The maximum Gasteiger partial charge on any atom is 0.306 e. The monoisotopic (exact) mass is 975 g/mol. The van der Waals surface area contributed by atoms with Crippen molar-refractivity contribution >= 4 is 17.9 Å². The molecule has 0 saturated heterocycles. The van der Waals surface area contributed by atoms with Crippen LogP contribution in [0.25, 0.3) is 0 Å². The van der Waals surface area contributed by atoms with Crippen LogP contribution < -0.4 is 0 Å². The molecular weight excluding hydrogens is 853 g/mol. The molecule has 6 nitrogen and oxygen atoms in total. The summed E-state index contributed by atoms with van der Waals surface area (Å²) in [6.07, 6.45) is 63.8. The van der Waals surface area contributed by atoms with E-state index in [1.54, 1.807) is 0 Å². The number of hydrogen-bond donors (Lipinski definition) is 0. The van der Waals surface area contributed by atoms with Crippen LogP contribution in [0, 0.1) is 5.92 Å². The Bertz CT molecular complexity index is 1040. The fraction of sp³-hybridized carbons (Fsp3) is 0.952. The maximum absolute atomic E-state index is 12.9. The second-order valence-electron chi connectivity index (χ2n) is 22.2. The van der Waals surface area contributed by atoms with E-state index in [1.807, 2.05) is 0 Å². The fourth-order valence-corrected chi connectivity index (χ4v) is 9.81. The van der Waals surface area contributed by atoms with Crippen molar-refractivity contribution in [2.24, 2.45) is 5.92 Å². The van der Waals surface area contributed by atoms with Crippen molar-refractivity contribution in [1.29, 1.82) is 0 Å². The summed E-state index contributed by atoms with van der Waals surface area (Å²) in [4.78, 5) is 38.3. The van der Waals surface area contributed by atoms with E-state index >= 15 is 0 Å². The molecule has 0 amide bonds. The molecule has 0 fully saturated rings. The first-order chi connectivity index (χ1) is 33.9. The van der Waals surface area contributed by atoms with E-state index in [0.29, 0.717) is 19.3 Å². The Labute approximate surface area is 431 Å². The highest BCUT2D eigenvalue weighted by Crippen LogP contribution is 2.19. The first-order valence-corrected chi connectivity index (χ1v) is 31.4. The van der Waals surface area contributed by atoms with Gasteiger partial charge in [-0.2, -0.15) is 0 Å². The first-order valence-electron chi connectivity index (χ1n) is 31.4. The van der Waals surface area contributed by atoms with Gasteiger partial charge >= 0.3 is 17.9 Å². The van der Waals surface area contributed by atoms with Crippen molar-refractivity contribution in [2.75, 3.05) is 13.2 Å². The minimum atomic E-state index is -0.762. The van der Waals surface area contributed by atoms with Crippen LogP contribution in [0.15, 0.2) is 0 Å². The van der Waals surface area contributed by atoms with Gasteiger partial charge in [0.2, 0.25) is 0 Å². The second kappa shape index (κ2) is 57.3. The Morgan fingerprint density at radius 3 is 0.710 bits per heavy atom. The number of ether oxygens (including phenoxy) is 3. The van der Waals surface area contributed by atoms with Gasteiger partial charge in [-0.15, -0.1) is 0 Å². The van der Waals surface area contributed by atoms with Crippen molar-refractivity contribution in [3.05, 3.63) is 0 Å². The normalized spacial score (nSPS) is 12.0. The number of carbonyl (C=O) groups is 3. The number of carbonyl (C=O) groups excluding carboxylic acids is 3. The van der Waals surface area contributed by atoms with Crippen molar-refractivity contribution in [3.8, 4) is 0 Å². The SMILES string of the molecule is CCCCCCCCCCCCCCCCCCCC(=O)OC[C@H](COC(=O)CCCCCCCCCCCCCCCCC)OC(=O)CCCCCCCCCCCCCCCCCCC(C)C. The quantitative estimate of drug-likeness (QED) is 0.0343. The van der Waals surface area contributed by atoms with Crippen LogP contribution in [-0.4, -0.2) is 37.2 Å². The zero-order valence-electron chi connectivity index (χ0n) is 47.3. The Morgan fingerprint density at radius 2 is 0.478 bits per heavy atom. The predicted octanol–water partition coefficient (Wildman–Crippen LogP) is 21.0. The molecule has 6 heteroatoms. The fourth-order valence-electron chi connectivity index (χ4n) is 9.81. The lowest BCUT2D eigenvalue weighted by Gasteiger charge is -2.18. The largest absolute Gasteiger partial charge is 0.462 e. The van der Waals surface area contributed by atoms with Crippen molar-refractivity contribution in [3.63, 3.8) is 0 Å². The molecule has 69 heavy (non-hydrogen) atoms. The lowest BCUT2D eigenvalue weighted by Crippen LogP contribution is -2.30. The summed E-state index contributed by atoms with van der Waals surface area (Å²) in [5.41, 5.74) is 0. The molecule has 0 N–H and O–H groups in total. The van der Waals surface area contributed by atoms with Crippen LogP contribution in [-0.2, 0) is 28.6 Å². The first kappa shape index (κ1) is 67.4. The second-order valence-corrected chi connectivity index (χ2v) is 22.2. The van der Waals surface area contributed by atoms with E-state index < -0.39 is 6.10 Å². The topological polar surface area (TPSA) is 78.9 Å². The zero-order chi connectivity index (χ0) is 50.2. The summed E-state index contributed by atoms with van der Waals surface area (Å²) in [5.74, 6) is 0.0237. The summed E-state index contributed by atoms with van der Waals surface area (Å²) < 4.78 is 16.9. The number of hydrogen-bond acceptors (Lipinski definition) is 6. The molecule has 0 aliphatic carbocycles. The number of rotatable bonds is 58. The highest BCUT2D eigenvalue weighted by Gasteiger charge is 2.19. The lowest BCUT2D eigenvalue weighted by molar-refractivity contribution is -0.167. The smallest absolute Gasteiger partial charge is 0.306 e. The summed E-state index contributed by atoms with van der Waals surface area (Å²) in [6, 6.07) is 0. The molecule has 0 aromatic rings. The van der Waals surface area contributed by atoms with E-state index in [4.69, 9.17) is 14.2 Å². The molecule has 0 aromatic heterocycles. The molecule has 0 aliphatic rings. The third kappa shape index (κ3) is 57.2. The minimum Gasteiger partial charge on any atom is -0.462 e. The van der Waals surface area contributed by atoms with Gasteiger partial charge in [-0.05, 0) is 25.2 Å². The van der Waals surface area contributed by atoms with E-state index in [0.717, 1.165) is 63.7 Å². The van der Waals surface area contributed by atoms with Gasteiger partial charge in [0.1, 0.15) is 13.2 Å². The van der Waals surface area contributed by atoms with E-state index in [9.17, 15) is 14.4 Å².